The third-order valence-corrected chi connectivity index (χ3v) is 11.1. The van der Waals surface area contributed by atoms with Gasteiger partial charge in [-0.3, -0.25) is 24.9 Å². The molecule has 50 heavy (non-hydrogen) atoms. The van der Waals surface area contributed by atoms with E-state index in [0.717, 1.165) is 80.2 Å². The Hall–Kier alpha value is -4.51. The highest BCUT2D eigenvalue weighted by Gasteiger charge is 2.37. The Bertz CT molecular complexity index is 1850. The maximum atomic E-state index is 13.8. The summed E-state index contributed by atoms with van der Waals surface area (Å²) in [5, 5.41) is 3.16. The summed E-state index contributed by atoms with van der Waals surface area (Å²) in [6.45, 7) is 10.5. The number of nitrogens with zero attached hydrogens (tertiary/aromatic N) is 7. The van der Waals surface area contributed by atoms with Crippen molar-refractivity contribution in [1.29, 1.82) is 0 Å². The van der Waals surface area contributed by atoms with Crippen LogP contribution in [0.2, 0.25) is 0 Å². The summed E-state index contributed by atoms with van der Waals surface area (Å²) in [5.74, 6) is 1.61. The zero-order valence-corrected chi connectivity index (χ0v) is 30.0. The second kappa shape index (κ2) is 14.4. The molecule has 0 radical (unpaired) electrons. The number of anilines is 2. The van der Waals surface area contributed by atoms with E-state index in [2.05, 4.69) is 49.8 Å². The first-order valence-electron chi connectivity index (χ1n) is 18.2. The fraction of sp³-hybridized carbons (Fsp3) is 0.513. The van der Waals surface area contributed by atoms with Crippen LogP contribution in [-0.4, -0.2) is 94.6 Å². The maximum Gasteiger partial charge on any atom is 0.258 e. The van der Waals surface area contributed by atoms with E-state index in [4.69, 9.17) is 14.7 Å². The molecule has 2 amide bonds. The van der Waals surface area contributed by atoms with Crippen molar-refractivity contribution in [1.82, 2.24) is 29.3 Å². The lowest BCUT2D eigenvalue weighted by molar-refractivity contribution is -0.129. The van der Waals surface area contributed by atoms with Crippen LogP contribution in [0.3, 0.4) is 0 Å². The minimum atomic E-state index is -0.223. The molecule has 2 bridgehead atoms. The van der Waals surface area contributed by atoms with Crippen molar-refractivity contribution < 1.29 is 14.3 Å². The summed E-state index contributed by atoms with van der Waals surface area (Å²) in [7, 11) is 3.67. The Morgan fingerprint density at radius 1 is 1.04 bits per heavy atom. The van der Waals surface area contributed by atoms with Gasteiger partial charge in [0.25, 0.3) is 5.91 Å². The molecule has 1 spiro atoms. The Kier molecular flexibility index (Phi) is 9.77. The van der Waals surface area contributed by atoms with Gasteiger partial charge in [-0.05, 0) is 106 Å². The van der Waals surface area contributed by atoms with Gasteiger partial charge in [0, 0.05) is 76.0 Å². The molecule has 3 aliphatic heterocycles. The van der Waals surface area contributed by atoms with E-state index >= 15 is 0 Å². The Morgan fingerprint density at radius 3 is 2.60 bits per heavy atom. The fourth-order valence-electron chi connectivity index (χ4n) is 7.88. The number of fused-ring (bicyclic) bond motifs is 7. The van der Waals surface area contributed by atoms with Crippen LogP contribution in [0.5, 0.6) is 5.75 Å². The number of carbonyl (C=O) groups excluding carboxylic acids is 2. The third-order valence-electron chi connectivity index (χ3n) is 11.1. The van der Waals surface area contributed by atoms with Crippen molar-refractivity contribution in [2.24, 2.45) is 11.3 Å². The average molecular weight is 679 g/mol. The van der Waals surface area contributed by atoms with Crippen LogP contribution in [0.25, 0.3) is 22.3 Å². The Morgan fingerprint density at radius 2 is 1.82 bits per heavy atom. The van der Waals surface area contributed by atoms with E-state index in [1.54, 1.807) is 29.4 Å². The number of aromatic nitrogens is 4. The zero-order valence-electron chi connectivity index (χ0n) is 30.0. The van der Waals surface area contributed by atoms with Gasteiger partial charge in [0.15, 0.2) is 0 Å². The number of hydrogen-bond acceptors (Lipinski definition) is 8. The molecule has 0 saturated carbocycles. The van der Waals surface area contributed by atoms with Crippen molar-refractivity contribution in [3.8, 4) is 17.0 Å². The minimum Gasteiger partial charge on any atom is -0.493 e. The van der Waals surface area contributed by atoms with Gasteiger partial charge in [0.2, 0.25) is 11.9 Å². The van der Waals surface area contributed by atoms with E-state index in [9.17, 15) is 9.59 Å². The summed E-state index contributed by atoms with van der Waals surface area (Å²) >= 11 is 0. The second-order valence-corrected chi connectivity index (χ2v) is 14.9. The summed E-state index contributed by atoms with van der Waals surface area (Å²) in [6.07, 6.45) is 10.7. The van der Waals surface area contributed by atoms with Gasteiger partial charge in [-0.15, -0.1) is 0 Å². The van der Waals surface area contributed by atoms with Crippen LogP contribution in [0.15, 0.2) is 48.8 Å². The van der Waals surface area contributed by atoms with Gasteiger partial charge in [0.1, 0.15) is 5.75 Å². The monoisotopic (exact) mass is 678 g/mol. The molecule has 11 heteroatoms. The first-order valence-corrected chi connectivity index (χ1v) is 18.2. The van der Waals surface area contributed by atoms with Gasteiger partial charge >= 0.3 is 0 Å². The predicted molar refractivity (Wildman–Crippen MR) is 197 cm³/mol. The lowest BCUT2D eigenvalue weighted by Gasteiger charge is -2.47. The zero-order chi connectivity index (χ0) is 34.8. The van der Waals surface area contributed by atoms with E-state index in [1.165, 1.54) is 31.4 Å². The lowest BCUT2D eigenvalue weighted by Crippen LogP contribution is -2.47. The molecule has 264 valence electrons. The number of ether oxygens (including phenoxy) is 1. The first-order chi connectivity index (χ1) is 24.2. The summed E-state index contributed by atoms with van der Waals surface area (Å²) in [6, 6.07) is 12.0. The molecule has 3 aromatic heterocycles. The molecule has 11 nitrogen and oxygen atoms in total. The molecular weight excluding hydrogens is 628 g/mol. The van der Waals surface area contributed by atoms with Crippen molar-refractivity contribution in [2.75, 3.05) is 63.6 Å². The molecule has 6 heterocycles. The third kappa shape index (κ3) is 7.33. The van der Waals surface area contributed by atoms with Crippen molar-refractivity contribution >= 4 is 34.5 Å². The predicted octanol–water partition coefficient (Wildman–Crippen LogP) is 6.02. The van der Waals surface area contributed by atoms with E-state index in [0.29, 0.717) is 41.6 Å². The first kappa shape index (κ1) is 34.0. The summed E-state index contributed by atoms with van der Waals surface area (Å²) in [4.78, 5) is 46.6. The number of aryl methyl sites for hydroxylation is 1. The van der Waals surface area contributed by atoms with E-state index in [1.807, 2.05) is 27.1 Å². The molecule has 4 aromatic rings. The fourth-order valence-corrected chi connectivity index (χ4v) is 7.88. The van der Waals surface area contributed by atoms with Crippen LogP contribution < -0.4 is 15.0 Å². The number of likely N-dealkylation sites (tertiary alicyclic amines) is 1. The average Bonchev–Trinajstić information content (AvgIpc) is 3.44. The summed E-state index contributed by atoms with van der Waals surface area (Å²) < 4.78 is 8.43. The molecule has 2 saturated heterocycles. The number of imidazole rings is 1. The van der Waals surface area contributed by atoms with Gasteiger partial charge < -0.3 is 24.0 Å². The molecule has 0 aliphatic carbocycles. The minimum absolute atomic E-state index is 0.206. The smallest absolute Gasteiger partial charge is 0.258 e. The number of hydrogen-bond donors (Lipinski definition) is 1. The molecule has 2 fully saturated rings. The van der Waals surface area contributed by atoms with Crippen LogP contribution in [0, 0.1) is 18.3 Å². The van der Waals surface area contributed by atoms with Crippen LogP contribution in [0.1, 0.15) is 67.9 Å². The summed E-state index contributed by atoms with van der Waals surface area (Å²) in [5.41, 5.74) is 6.20. The van der Waals surface area contributed by atoms with Crippen LogP contribution in [-0.2, 0) is 11.3 Å². The number of piperidine rings is 2. The quantitative estimate of drug-likeness (QED) is 0.279. The second-order valence-electron chi connectivity index (χ2n) is 14.9. The molecule has 3 aliphatic rings. The van der Waals surface area contributed by atoms with Gasteiger partial charge in [-0.1, -0.05) is 6.92 Å². The molecule has 0 unspecified atom stereocenters. The van der Waals surface area contributed by atoms with Crippen molar-refractivity contribution in [3.05, 3.63) is 60.0 Å². The number of rotatable bonds is 4. The van der Waals surface area contributed by atoms with Crippen LogP contribution in [0.4, 0.5) is 11.6 Å². The lowest BCUT2D eigenvalue weighted by atomic mass is 9.71. The number of nitrogens with one attached hydrogen (secondary N) is 1. The highest BCUT2D eigenvalue weighted by atomic mass is 16.5. The van der Waals surface area contributed by atoms with E-state index < -0.39 is 0 Å². The molecule has 1 N–H and O–H groups in total. The standard InChI is InChI=1S/C39H50N8O3/c1-27-6-5-21-50-35-9-15-40-25-31(35)33-23-29(22-28(2)41-33)37(49)43-38-42-32-8-7-30(24-34(32)47(38)26-27)46-19-13-39(14-20-46)11-17-45(18-12-39)16-10-36(48)44(3)4/h7-9,15,22-25,27H,5-6,10-14,16-21,26H2,1-4H3,(H,42,43,49)/t27-/m1/s1. The highest BCUT2D eigenvalue weighted by molar-refractivity contribution is 6.05. The number of benzene rings is 1. The molecule has 1 atom stereocenters. The molecule has 1 aromatic carbocycles. The van der Waals surface area contributed by atoms with Crippen molar-refractivity contribution in [3.63, 3.8) is 0 Å². The maximum absolute atomic E-state index is 13.8. The number of amides is 2. The highest BCUT2D eigenvalue weighted by Crippen LogP contribution is 2.42. The van der Waals surface area contributed by atoms with Crippen molar-refractivity contribution in [2.45, 2.75) is 65.3 Å². The molecule has 7 rings (SSSR count). The van der Waals surface area contributed by atoms with Gasteiger partial charge in [0.05, 0.1) is 28.9 Å². The number of pyridine rings is 2. The van der Waals surface area contributed by atoms with Gasteiger partial charge in [-0.25, -0.2) is 4.98 Å². The van der Waals surface area contributed by atoms with E-state index in [-0.39, 0.29) is 11.8 Å². The van der Waals surface area contributed by atoms with Gasteiger partial charge in [-0.2, -0.15) is 0 Å². The number of carbonyl (C=O) groups is 2. The SMILES string of the molecule is Cc1cc2cc(n1)-c1cnccc1OCCC[C@@H](C)Cn1c(nc3ccc(N4CCC5(CCN(CCC(=O)N(C)C)CC5)CC4)cc31)NC2=O. The Balaban J connectivity index is 1.10. The topological polar surface area (TPSA) is 109 Å². The normalized spacial score (nSPS) is 19.9. The van der Waals surface area contributed by atoms with Crippen LogP contribution >= 0.6 is 0 Å². The molecular formula is C39H50N8O3. The largest absolute Gasteiger partial charge is 0.493 e. The Labute approximate surface area is 295 Å².